The van der Waals surface area contributed by atoms with Crippen molar-refractivity contribution < 1.29 is 28.9 Å². The Kier molecular flexibility index (Phi) is 10.9. The van der Waals surface area contributed by atoms with Crippen molar-refractivity contribution in [3.8, 4) is 0 Å². The van der Waals surface area contributed by atoms with E-state index >= 15 is 0 Å². The molecule has 8 heteroatoms. The average molecular weight is 513 g/mol. The summed E-state index contributed by atoms with van der Waals surface area (Å²) in [5.41, 5.74) is -0.428. The highest BCUT2D eigenvalue weighted by atomic mass is 32.2. The molecular formula is C26H40O6S2. The van der Waals surface area contributed by atoms with Gasteiger partial charge in [-0.05, 0) is 48.7 Å². The first kappa shape index (κ1) is 29.1. The predicted octanol–water partition coefficient (Wildman–Crippen LogP) is 2.94. The molecule has 2 atom stereocenters. The molecule has 2 N–H and O–H groups in total. The zero-order valence-corrected chi connectivity index (χ0v) is 22.6. The van der Waals surface area contributed by atoms with Gasteiger partial charge < -0.3 is 19.3 Å². The van der Waals surface area contributed by atoms with E-state index in [9.17, 15) is 28.9 Å². The minimum absolute atomic E-state index is 0.0577. The lowest BCUT2D eigenvalue weighted by atomic mass is 9.88. The smallest absolute Gasteiger partial charge is 0.168 e. The summed E-state index contributed by atoms with van der Waals surface area (Å²) in [6, 6.07) is 0. The van der Waals surface area contributed by atoms with Gasteiger partial charge in [0.2, 0.25) is 0 Å². The fraction of sp³-hybridized carbons (Fsp3) is 0.615. The van der Waals surface area contributed by atoms with E-state index in [1.54, 1.807) is 12.2 Å². The fourth-order valence-electron chi connectivity index (χ4n) is 3.93. The second kappa shape index (κ2) is 12.7. The van der Waals surface area contributed by atoms with Gasteiger partial charge in [0.15, 0.2) is 11.6 Å². The highest BCUT2D eigenvalue weighted by Crippen LogP contribution is 2.27. The number of thiol groups is 2. The van der Waals surface area contributed by atoms with Crippen LogP contribution in [0.15, 0.2) is 34.1 Å². The van der Waals surface area contributed by atoms with Gasteiger partial charge in [0.25, 0.3) is 0 Å². The van der Waals surface area contributed by atoms with E-state index < -0.39 is 21.5 Å². The summed E-state index contributed by atoms with van der Waals surface area (Å²) in [6.45, 7) is 8.02. The number of hydrogen-bond acceptors (Lipinski definition) is 6. The van der Waals surface area contributed by atoms with Crippen molar-refractivity contribution in [2.75, 3.05) is 13.2 Å². The Hall–Kier alpha value is -1.16. The summed E-state index contributed by atoms with van der Waals surface area (Å²) in [5, 5.41) is 18.8. The molecule has 6 nitrogen and oxygen atoms in total. The maximum absolute atomic E-state index is 13.1. The van der Waals surface area contributed by atoms with Crippen LogP contribution < -0.4 is 0 Å². The summed E-state index contributed by atoms with van der Waals surface area (Å²) >= 11 is 0. The van der Waals surface area contributed by atoms with Gasteiger partial charge in [-0.1, -0.05) is 27.7 Å². The third kappa shape index (κ3) is 8.81. The van der Waals surface area contributed by atoms with Crippen molar-refractivity contribution in [2.24, 2.45) is 10.8 Å². The molecular weight excluding hydrogens is 472 g/mol. The lowest BCUT2D eigenvalue weighted by Gasteiger charge is -2.23. The van der Waals surface area contributed by atoms with Crippen LogP contribution in [0.4, 0.5) is 0 Å². The summed E-state index contributed by atoms with van der Waals surface area (Å²) < 4.78 is 26.1. The van der Waals surface area contributed by atoms with Gasteiger partial charge in [-0.15, -0.1) is 0 Å². The predicted molar refractivity (Wildman–Crippen MR) is 143 cm³/mol. The number of hydrogen-bond donors (Lipinski definition) is 2. The number of rotatable bonds is 12. The molecule has 0 aromatic carbocycles. The van der Waals surface area contributed by atoms with E-state index in [0.717, 1.165) is 25.7 Å². The largest absolute Gasteiger partial charge is 0.646 e. The van der Waals surface area contributed by atoms with E-state index in [1.165, 1.54) is 12.2 Å². The second-order valence-electron chi connectivity index (χ2n) is 10.8. The van der Waals surface area contributed by atoms with E-state index in [4.69, 9.17) is 0 Å². The second-order valence-corrected chi connectivity index (χ2v) is 14.3. The van der Waals surface area contributed by atoms with E-state index in [-0.39, 0.29) is 48.5 Å². The van der Waals surface area contributed by atoms with Crippen LogP contribution in [-0.2, 0) is 31.1 Å². The molecule has 0 aromatic heterocycles. The normalized spacial score (nSPS) is 22.5. The zero-order valence-electron chi connectivity index (χ0n) is 20.8. The molecule has 0 aliphatic carbocycles. The maximum Gasteiger partial charge on any atom is 0.168 e. The van der Waals surface area contributed by atoms with E-state index in [1.807, 2.05) is 27.7 Å². The summed E-state index contributed by atoms with van der Waals surface area (Å²) in [4.78, 5) is 26.7. The van der Waals surface area contributed by atoms with Crippen LogP contribution >= 0.6 is 0 Å². The van der Waals surface area contributed by atoms with E-state index in [2.05, 4.69) is 0 Å². The lowest BCUT2D eigenvalue weighted by molar-refractivity contribution is -0.114. The molecule has 0 radical (unpaired) electrons. The molecule has 0 bridgehead atoms. The Labute approximate surface area is 208 Å². The first-order chi connectivity index (χ1) is 15.9. The average Bonchev–Trinajstić information content (AvgIpc) is 2.77. The monoisotopic (exact) mass is 512 g/mol. The molecule has 2 heterocycles. The van der Waals surface area contributed by atoms with Crippen LogP contribution in [-0.4, -0.2) is 53.8 Å². The first-order valence-corrected chi connectivity index (χ1v) is 14.4. The molecule has 2 aliphatic rings. The summed E-state index contributed by atoms with van der Waals surface area (Å²) in [5.74, 6) is -0.214. The molecule has 34 heavy (non-hydrogen) atoms. The minimum Gasteiger partial charge on any atom is -0.646 e. The Balaban J connectivity index is 2.13. The topological polar surface area (TPSA) is 121 Å². The molecule has 0 amide bonds. The molecule has 2 unspecified atom stereocenters. The van der Waals surface area contributed by atoms with Crippen molar-refractivity contribution in [1.82, 2.24) is 0 Å². The quantitative estimate of drug-likeness (QED) is 0.179. The maximum atomic E-state index is 13.1. The highest BCUT2D eigenvalue weighted by Gasteiger charge is 2.24. The van der Waals surface area contributed by atoms with Gasteiger partial charge >= 0.3 is 0 Å². The number of aliphatic hydroxyl groups excluding tert-OH is 2. The van der Waals surface area contributed by atoms with Crippen molar-refractivity contribution in [1.29, 1.82) is 0 Å². The Morgan fingerprint density at radius 1 is 0.853 bits per heavy atom. The Bertz CT molecular complexity index is 926. The Morgan fingerprint density at radius 3 is 2.00 bits per heavy atom. The molecule has 0 saturated carbocycles. The van der Waals surface area contributed by atoms with Gasteiger partial charge in [-0.3, -0.25) is 9.59 Å². The number of allylic oxidation sites excluding steroid dienone is 5. The number of carbonyl (C=O) groups excluding carboxylic acids is 2. The van der Waals surface area contributed by atoms with Crippen molar-refractivity contribution in [3.05, 3.63) is 34.1 Å². The van der Waals surface area contributed by atoms with E-state index in [0.29, 0.717) is 32.4 Å². The van der Waals surface area contributed by atoms with Crippen LogP contribution in [0.5, 0.6) is 0 Å². The highest BCUT2D eigenvalue weighted by molar-refractivity contribution is 7.95. The summed E-state index contributed by atoms with van der Waals surface area (Å²) in [6.07, 6.45) is 10.4. The van der Waals surface area contributed by atoms with Crippen LogP contribution in [0.3, 0.4) is 0 Å². The van der Waals surface area contributed by atoms with Gasteiger partial charge in [0, 0.05) is 38.2 Å². The molecule has 2 aliphatic heterocycles. The van der Waals surface area contributed by atoms with Gasteiger partial charge in [-0.25, -0.2) is 0 Å². The minimum atomic E-state index is -1.86. The number of carbonyl (C=O) groups is 2. The van der Waals surface area contributed by atoms with Gasteiger partial charge in [-0.2, -0.15) is 21.5 Å². The van der Waals surface area contributed by atoms with Crippen LogP contribution in [0.1, 0.15) is 79.1 Å². The lowest BCUT2D eigenvalue weighted by Crippen LogP contribution is -2.21. The van der Waals surface area contributed by atoms with Crippen LogP contribution in [0.2, 0.25) is 0 Å². The fourth-order valence-corrected chi connectivity index (χ4v) is 6.92. The Morgan fingerprint density at radius 2 is 1.41 bits per heavy atom. The van der Waals surface area contributed by atoms with Gasteiger partial charge in [0.05, 0.1) is 27.5 Å². The summed E-state index contributed by atoms with van der Waals surface area (Å²) in [7, 11) is -3.72. The number of aliphatic hydroxyl groups is 2. The molecule has 0 saturated heterocycles. The molecule has 0 fully saturated rings. The van der Waals surface area contributed by atoms with Gasteiger partial charge in [0.1, 0.15) is 4.91 Å². The molecule has 0 spiro atoms. The molecule has 192 valence electrons. The molecule has 2 rings (SSSR count). The number of ketones is 2. The standard InChI is InChI=1S/C26H40O6S2/c1-25(2,17-27)11-5-7-21-13-19(29)15-23(33(21)31)9-10-24-16-20(30)14-22(34(24)32)8-6-12-26(3,4)18-28/h9-10,13,16,27-28,33-34H,5-8,11-12,14-15,17-18H2,1-4H3. The third-order valence-corrected chi connectivity index (χ3v) is 9.73. The molecule has 0 aromatic rings. The zero-order chi connectivity index (χ0) is 25.5. The van der Waals surface area contributed by atoms with Crippen molar-refractivity contribution >= 4 is 42.8 Å². The first-order valence-electron chi connectivity index (χ1n) is 11.9. The van der Waals surface area contributed by atoms with Crippen molar-refractivity contribution in [2.45, 2.75) is 79.1 Å². The van der Waals surface area contributed by atoms with Crippen LogP contribution in [0.25, 0.3) is 0 Å². The third-order valence-electron chi connectivity index (χ3n) is 6.32. The van der Waals surface area contributed by atoms with Crippen molar-refractivity contribution in [3.63, 3.8) is 0 Å². The SMILES string of the molecule is CC(C)(CO)CCCC1=CC(=O)CC(/C=C/C2=CC(=O)CC(CCCC(C)(C)CO)=[SH+]2[O-])=[SH+]1[O-]. The van der Waals surface area contributed by atoms with Crippen LogP contribution in [0, 0.1) is 10.8 Å².